The zero-order valence-electron chi connectivity index (χ0n) is 14.3. The zero-order valence-corrected chi connectivity index (χ0v) is 15.1. The van der Waals surface area contributed by atoms with Gasteiger partial charge in [0, 0.05) is 6.61 Å². The van der Waals surface area contributed by atoms with Crippen LogP contribution in [0, 0.1) is 0 Å². The monoisotopic (exact) mass is 379 g/mol. The number of aliphatic carboxylic acids is 1. The van der Waals surface area contributed by atoms with Gasteiger partial charge in [-0.1, -0.05) is 30.3 Å². The molecule has 0 aliphatic heterocycles. The lowest BCUT2D eigenvalue weighted by molar-refractivity contribution is -0.139. The average molecular weight is 379 g/mol. The van der Waals surface area contributed by atoms with Crippen LogP contribution in [0.5, 0.6) is 5.75 Å². The molecule has 0 amide bonds. The van der Waals surface area contributed by atoms with E-state index >= 15 is 0 Å². The van der Waals surface area contributed by atoms with E-state index in [1.807, 2.05) is 6.92 Å². The summed E-state index contributed by atoms with van der Waals surface area (Å²) >= 11 is 0. The number of ether oxygens (including phenoxy) is 2. The Bertz CT molecular complexity index is 805. The van der Waals surface area contributed by atoms with Crippen LogP contribution in [0.1, 0.15) is 18.5 Å². The molecule has 140 valence electrons. The Morgan fingerprint density at radius 1 is 1.08 bits per heavy atom. The van der Waals surface area contributed by atoms with E-state index in [0.717, 1.165) is 0 Å². The predicted octanol–water partition coefficient (Wildman–Crippen LogP) is 2.21. The van der Waals surface area contributed by atoms with Gasteiger partial charge in [-0.25, -0.2) is 8.42 Å². The van der Waals surface area contributed by atoms with Gasteiger partial charge in [-0.05, 0) is 36.8 Å². The molecule has 0 saturated heterocycles. The van der Waals surface area contributed by atoms with Crippen LogP contribution in [0.4, 0.5) is 0 Å². The first kappa shape index (κ1) is 19.9. The topological polar surface area (TPSA) is 102 Å². The van der Waals surface area contributed by atoms with Crippen molar-refractivity contribution in [2.75, 3.05) is 19.8 Å². The van der Waals surface area contributed by atoms with E-state index in [1.54, 1.807) is 30.3 Å². The molecule has 8 heteroatoms. The standard InChI is InChI=1S/C18H21NO6S/c1-2-24-12-13-25-15-8-10-16(11-9-15)26(22,23)19-17(18(20)21)14-6-4-3-5-7-14/h3-11,17,19H,2,12-13H2,1H3,(H,20,21)/t17-/m0/s1. The molecule has 0 unspecified atom stereocenters. The van der Waals surface area contributed by atoms with Gasteiger partial charge in [0.1, 0.15) is 18.4 Å². The van der Waals surface area contributed by atoms with Crippen molar-refractivity contribution in [3.63, 3.8) is 0 Å². The number of nitrogens with one attached hydrogen (secondary N) is 1. The van der Waals surface area contributed by atoms with Crippen LogP contribution in [0.25, 0.3) is 0 Å². The van der Waals surface area contributed by atoms with Crippen LogP contribution < -0.4 is 9.46 Å². The minimum Gasteiger partial charge on any atom is -0.491 e. The Hall–Kier alpha value is -2.42. The van der Waals surface area contributed by atoms with E-state index in [4.69, 9.17) is 9.47 Å². The highest BCUT2D eigenvalue weighted by Gasteiger charge is 2.26. The number of hydrogen-bond acceptors (Lipinski definition) is 5. The molecule has 2 aromatic rings. The summed E-state index contributed by atoms with van der Waals surface area (Å²) in [6, 6.07) is 12.5. The number of benzene rings is 2. The van der Waals surface area contributed by atoms with Crippen molar-refractivity contribution in [3.05, 3.63) is 60.2 Å². The summed E-state index contributed by atoms with van der Waals surface area (Å²) in [6.45, 7) is 3.27. The molecule has 0 aliphatic carbocycles. The van der Waals surface area contributed by atoms with Gasteiger partial charge in [0.2, 0.25) is 10.0 Å². The predicted molar refractivity (Wildman–Crippen MR) is 95.6 cm³/mol. The van der Waals surface area contributed by atoms with E-state index in [1.165, 1.54) is 24.3 Å². The molecule has 0 bridgehead atoms. The molecule has 0 aromatic heterocycles. The smallest absolute Gasteiger partial charge is 0.326 e. The minimum atomic E-state index is -4.01. The summed E-state index contributed by atoms with van der Waals surface area (Å²) in [5, 5.41) is 9.36. The molecule has 0 aliphatic rings. The third-order valence-electron chi connectivity index (χ3n) is 3.49. The third-order valence-corrected chi connectivity index (χ3v) is 4.93. The fourth-order valence-electron chi connectivity index (χ4n) is 2.21. The van der Waals surface area contributed by atoms with Crippen molar-refractivity contribution in [1.82, 2.24) is 4.72 Å². The van der Waals surface area contributed by atoms with E-state index in [0.29, 0.717) is 31.1 Å². The highest BCUT2D eigenvalue weighted by Crippen LogP contribution is 2.20. The summed E-state index contributed by atoms with van der Waals surface area (Å²) in [5.74, 6) is -0.780. The minimum absolute atomic E-state index is 0.0446. The van der Waals surface area contributed by atoms with Crippen LogP contribution in [-0.2, 0) is 19.6 Å². The van der Waals surface area contributed by atoms with Crippen molar-refractivity contribution in [1.29, 1.82) is 0 Å². The number of carboxylic acid groups (broad SMARTS) is 1. The molecule has 2 aromatic carbocycles. The molecule has 1 atom stereocenters. The van der Waals surface area contributed by atoms with Crippen LogP contribution in [0.15, 0.2) is 59.5 Å². The number of carbonyl (C=O) groups is 1. The van der Waals surface area contributed by atoms with E-state index < -0.39 is 22.0 Å². The van der Waals surface area contributed by atoms with Gasteiger partial charge in [0.15, 0.2) is 0 Å². The molecule has 2 N–H and O–H groups in total. The second-order valence-electron chi connectivity index (χ2n) is 5.32. The summed E-state index contributed by atoms with van der Waals surface area (Å²) < 4.78 is 37.8. The van der Waals surface area contributed by atoms with Crippen molar-refractivity contribution in [2.45, 2.75) is 17.9 Å². The average Bonchev–Trinajstić information content (AvgIpc) is 2.64. The molecule has 26 heavy (non-hydrogen) atoms. The zero-order chi connectivity index (χ0) is 19.0. The molecule has 0 radical (unpaired) electrons. The quantitative estimate of drug-likeness (QED) is 0.614. The lowest BCUT2D eigenvalue weighted by atomic mass is 10.1. The second-order valence-corrected chi connectivity index (χ2v) is 7.03. The Morgan fingerprint density at radius 2 is 1.73 bits per heavy atom. The summed E-state index contributed by atoms with van der Waals surface area (Å²) in [6.07, 6.45) is 0. The van der Waals surface area contributed by atoms with Gasteiger partial charge in [0.05, 0.1) is 11.5 Å². The van der Waals surface area contributed by atoms with Crippen molar-refractivity contribution >= 4 is 16.0 Å². The van der Waals surface area contributed by atoms with E-state index in [-0.39, 0.29) is 4.90 Å². The number of sulfonamides is 1. The molecular weight excluding hydrogens is 358 g/mol. The third kappa shape index (κ3) is 5.55. The largest absolute Gasteiger partial charge is 0.491 e. The Kier molecular flexibility index (Phi) is 7.14. The first-order valence-electron chi connectivity index (χ1n) is 8.04. The molecule has 0 saturated carbocycles. The maximum absolute atomic E-state index is 12.5. The molecule has 0 spiro atoms. The van der Waals surface area contributed by atoms with Crippen molar-refractivity contribution in [3.8, 4) is 5.75 Å². The van der Waals surface area contributed by atoms with Crippen LogP contribution in [0.3, 0.4) is 0 Å². The number of rotatable bonds is 10. The molecular formula is C18H21NO6S. The number of carboxylic acids is 1. The summed E-state index contributed by atoms with van der Waals surface area (Å²) in [5.41, 5.74) is 0.347. The fraction of sp³-hybridized carbons (Fsp3) is 0.278. The number of hydrogen-bond donors (Lipinski definition) is 2. The first-order valence-corrected chi connectivity index (χ1v) is 9.53. The molecule has 7 nitrogen and oxygen atoms in total. The van der Waals surface area contributed by atoms with Crippen LogP contribution in [-0.4, -0.2) is 39.3 Å². The van der Waals surface area contributed by atoms with Gasteiger partial charge in [-0.2, -0.15) is 4.72 Å². The SMILES string of the molecule is CCOCCOc1ccc(S(=O)(=O)N[C@H](C(=O)O)c2ccccc2)cc1. The molecule has 0 fully saturated rings. The van der Waals surface area contributed by atoms with Gasteiger partial charge in [-0.3, -0.25) is 4.79 Å². The maximum atomic E-state index is 12.5. The van der Waals surface area contributed by atoms with Gasteiger partial charge >= 0.3 is 5.97 Å². The van der Waals surface area contributed by atoms with Crippen LogP contribution in [0.2, 0.25) is 0 Å². The fourth-order valence-corrected chi connectivity index (χ4v) is 3.39. The maximum Gasteiger partial charge on any atom is 0.326 e. The van der Waals surface area contributed by atoms with Gasteiger partial charge < -0.3 is 14.6 Å². The highest BCUT2D eigenvalue weighted by molar-refractivity contribution is 7.89. The van der Waals surface area contributed by atoms with Crippen LogP contribution >= 0.6 is 0 Å². The van der Waals surface area contributed by atoms with Crippen molar-refractivity contribution < 1.29 is 27.8 Å². The van der Waals surface area contributed by atoms with E-state index in [2.05, 4.69) is 4.72 Å². The normalized spacial score (nSPS) is 12.5. The molecule has 0 heterocycles. The lowest BCUT2D eigenvalue weighted by Crippen LogP contribution is -2.33. The second kappa shape index (κ2) is 9.33. The Labute approximate surface area is 152 Å². The summed E-state index contributed by atoms with van der Waals surface area (Å²) in [7, 11) is -4.01. The molecule has 2 rings (SSSR count). The van der Waals surface area contributed by atoms with Gasteiger partial charge in [0.25, 0.3) is 0 Å². The Morgan fingerprint density at radius 3 is 2.31 bits per heavy atom. The van der Waals surface area contributed by atoms with E-state index in [9.17, 15) is 18.3 Å². The summed E-state index contributed by atoms with van der Waals surface area (Å²) in [4.78, 5) is 11.4. The Balaban J connectivity index is 2.10. The van der Waals surface area contributed by atoms with Gasteiger partial charge in [-0.15, -0.1) is 0 Å². The lowest BCUT2D eigenvalue weighted by Gasteiger charge is -2.15. The van der Waals surface area contributed by atoms with Crippen molar-refractivity contribution in [2.24, 2.45) is 0 Å². The highest BCUT2D eigenvalue weighted by atomic mass is 32.2. The first-order chi connectivity index (χ1) is 12.4.